The van der Waals surface area contributed by atoms with Crippen LogP contribution in [0.25, 0.3) is 0 Å². The van der Waals surface area contributed by atoms with Crippen LogP contribution in [0.1, 0.15) is 5.56 Å². The van der Waals surface area contributed by atoms with Gasteiger partial charge in [-0.15, -0.1) is 10.2 Å². The SMILES string of the molecule is O=CC(F)C1(c2ccccc2)C=NN=N1. The highest BCUT2D eigenvalue weighted by atomic mass is 19.1. The van der Waals surface area contributed by atoms with Crippen molar-refractivity contribution in [3.05, 3.63) is 35.9 Å². The molecule has 1 aliphatic rings. The Hall–Kier alpha value is -1.91. The van der Waals surface area contributed by atoms with Crippen molar-refractivity contribution in [3.8, 4) is 0 Å². The molecule has 2 rings (SSSR count). The maximum absolute atomic E-state index is 13.6. The van der Waals surface area contributed by atoms with Gasteiger partial charge < -0.3 is 0 Å². The lowest BCUT2D eigenvalue weighted by Gasteiger charge is -2.21. The first kappa shape index (κ1) is 9.64. The number of hydrogen-bond donors (Lipinski definition) is 0. The van der Waals surface area contributed by atoms with Gasteiger partial charge in [0.1, 0.15) is 0 Å². The molecule has 5 heteroatoms. The summed E-state index contributed by atoms with van der Waals surface area (Å²) in [4.78, 5) is 10.5. The van der Waals surface area contributed by atoms with Crippen LogP contribution in [-0.4, -0.2) is 18.7 Å². The first-order valence-corrected chi connectivity index (χ1v) is 4.41. The van der Waals surface area contributed by atoms with Crippen molar-refractivity contribution in [2.24, 2.45) is 15.4 Å². The Bertz CT molecular complexity index is 404. The first-order chi connectivity index (χ1) is 7.29. The fraction of sp³-hybridized carbons (Fsp3) is 0.200. The van der Waals surface area contributed by atoms with Gasteiger partial charge in [0, 0.05) is 0 Å². The zero-order chi connectivity index (χ0) is 10.7. The average molecular weight is 205 g/mol. The zero-order valence-corrected chi connectivity index (χ0v) is 7.75. The van der Waals surface area contributed by atoms with Crippen LogP contribution in [0.2, 0.25) is 0 Å². The Morgan fingerprint density at radius 3 is 2.60 bits per heavy atom. The summed E-state index contributed by atoms with van der Waals surface area (Å²) < 4.78 is 13.6. The summed E-state index contributed by atoms with van der Waals surface area (Å²) in [6.45, 7) is 0. The van der Waals surface area contributed by atoms with E-state index in [0.717, 1.165) is 0 Å². The van der Waals surface area contributed by atoms with Crippen LogP contribution in [0, 0.1) is 0 Å². The molecule has 0 saturated carbocycles. The van der Waals surface area contributed by atoms with E-state index in [1.165, 1.54) is 6.21 Å². The van der Waals surface area contributed by atoms with Gasteiger partial charge in [0.15, 0.2) is 18.0 Å². The predicted octanol–water partition coefficient (Wildman–Crippen LogP) is 1.87. The molecule has 1 aliphatic heterocycles. The minimum atomic E-state index is -1.77. The number of alkyl halides is 1. The number of benzene rings is 1. The van der Waals surface area contributed by atoms with Crippen molar-refractivity contribution in [2.45, 2.75) is 11.7 Å². The van der Waals surface area contributed by atoms with Gasteiger partial charge in [-0.2, -0.15) is 0 Å². The lowest BCUT2D eigenvalue weighted by Crippen LogP contribution is -2.36. The molecule has 76 valence electrons. The van der Waals surface area contributed by atoms with Crippen molar-refractivity contribution < 1.29 is 9.18 Å². The molecule has 0 aromatic heterocycles. The minimum absolute atomic E-state index is 0.212. The molecule has 2 atom stereocenters. The third-order valence-corrected chi connectivity index (χ3v) is 2.29. The summed E-state index contributed by atoms with van der Waals surface area (Å²) in [7, 11) is 0. The highest BCUT2D eigenvalue weighted by Crippen LogP contribution is 2.32. The molecular formula is C10H8FN3O. The highest BCUT2D eigenvalue weighted by molar-refractivity contribution is 5.81. The zero-order valence-electron chi connectivity index (χ0n) is 7.75. The van der Waals surface area contributed by atoms with E-state index >= 15 is 0 Å². The van der Waals surface area contributed by atoms with Gasteiger partial charge in [-0.3, -0.25) is 4.79 Å². The molecule has 0 spiro atoms. The van der Waals surface area contributed by atoms with Gasteiger partial charge in [0.05, 0.1) is 6.21 Å². The molecule has 1 aromatic rings. The predicted molar refractivity (Wildman–Crippen MR) is 52.4 cm³/mol. The molecule has 0 saturated heterocycles. The second-order valence-corrected chi connectivity index (χ2v) is 3.16. The number of rotatable bonds is 3. The largest absolute Gasteiger partial charge is 0.300 e. The summed E-state index contributed by atoms with van der Waals surface area (Å²) in [5.41, 5.74) is -0.808. The van der Waals surface area contributed by atoms with Crippen LogP contribution >= 0.6 is 0 Å². The molecule has 0 bridgehead atoms. The van der Waals surface area contributed by atoms with Crippen molar-refractivity contribution in [1.82, 2.24) is 0 Å². The lowest BCUT2D eigenvalue weighted by molar-refractivity contribution is -0.113. The molecule has 15 heavy (non-hydrogen) atoms. The molecular weight excluding hydrogens is 197 g/mol. The van der Waals surface area contributed by atoms with Gasteiger partial charge in [-0.05, 0) is 10.8 Å². The Morgan fingerprint density at radius 2 is 2.07 bits per heavy atom. The second-order valence-electron chi connectivity index (χ2n) is 3.16. The lowest BCUT2D eigenvalue weighted by atomic mass is 9.88. The van der Waals surface area contributed by atoms with Crippen LogP contribution < -0.4 is 0 Å². The van der Waals surface area contributed by atoms with E-state index in [1.54, 1.807) is 30.3 Å². The maximum Gasteiger partial charge on any atom is 0.191 e. The molecule has 1 aromatic carbocycles. The van der Waals surface area contributed by atoms with Crippen LogP contribution in [0.5, 0.6) is 0 Å². The number of aldehydes is 1. The van der Waals surface area contributed by atoms with Gasteiger partial charge in [0.2, 0.25) is 0 Å². The van der Waals surface area contributed by atoms with Crippen molar-refractivity contribution >= 4 is 12.5 Å². The van der Waals surface area contributed by atoms with E-state index < -0.39 is 11.7 Å². The normalized spacial score (nSPS) is 25.4. The van der Waals surface area contributed by atoms with Crippen LogP contribution in [0.4, 0.5) is 4.39 Å². The molecule has 0 aliphatic carbocycles. The standard InChI is InChI=1S/C10H8FN3O/c11-9(6-15)10(7-12-14-13-10)8-4-2-1-3-5-8/h1-7,9H. The molecule has 0 amide bonds. The topological polar surface area (TPSA) is 54.1 Å². The summed E-state index contributed by atoms with van der Waals surface area (Å²) in [5.74, 6) is 0. The Kier molecular flexibility index (Phi) is 2.37. The average Bonchev–Trinajstić information content (AvgIpc) is 2.79. The molecule has 1 heterocycles. The minimum Gasteiger partial charge on any atom is -0.300 e. The molecule has 0 fully saturated rings. The van der Waals surface area contributed by atoms with Crippen LogP contribution in [0.3, 0.4) is 0 Å². The first-order valence-electron chi connectivity index (χ1n) is 4.41. The quantitative estimate of drug-likeness (QED) is 0.695. The van der Waals surface area contributed by atoms with Gasteiger partial charge in [0.25, 0.3) is 0 Å². The van der Waals surface area contributed by atoms with Crippen LogP contribution in [-0.2, 0) is 10.3 Å². The third-order valence-electron chi connectivity index (χ3n) is 2.29. The third kappa shape index (κ3) is 1.45. The van der Waals surface area contributed by atoms with Crippen LogP contribution in [0.15, 0.2) is 45.8 Å². The number of carbonyl (C=O) groups is 1. The number of halogens is 1. The van der Waals surface area contributed by atoms with Gasteiger partial charge in [-0.25, -0.2) is 4.39 Å². The molecule has 0 radical (unpaired) electrons. The monoisotopic (exact) mass is 205 g/mol. The molecule has 0 N–H and O–H groups in total. The second kappa shape index (κ2) is 3.68. The Labute approximate surface area is 85.5 Å². The van der Waals surface area contributed by atoms with Crippen molar-refractivity contribution in [2.75, 3.05) is 0 Å². The van der Waals surface area contributed by atoms with E-state index in [9.17, 15) is 9.18 Å². The fourth-order valence-electron chi connectivity index (χ4n) is 1.47. The number of carbonyl (C=O) groups excluding carboxylic acids is 1. The summed E-state index contributed by atoms with van der Waals surface area (Å²) >= 11 is 0. The van der Waals surface area contributed by atoms with E-state index in [-0.39, 0.29) is 6.29 Å². The fourth-order valence-corrected chi connectivity index (χ4v) is 1.47. The smallest absolute Gasteiger partial charge is 0.191 e. The maximum atomic E-state index is 13.6. The van der Waals surface area contributed by atoms with Crippen molar-refractivity contribution in [1.29, 1.82) is 0 Å². The van der Waals surface area contributed by atoms with Gasteiger partial charge >= 0.3 is 0 Å². The molecule has 2 unspecified atom stereocenters. The summed E-state index contributed by atoms with van der Waals surface area (Å²) in [6.07, 6.45) is -0.306. The number of nitrogens with zero attached hydrogens (tertiary/aromatic N) is 3. The van der Waals surface area contributed by atoms with Gasteiger partial charge in [-0.1, -0.05) is 30.3 Å². The van der Waals surface area contributed by atoms with E-state index in [4.69, 9.17) is 0 Å². The number of hydrogen-bond acceptors (Lipinski definition) is 4. The summed E-state index contributed by atoms with van der Waals surface area (Å²) in [5, 5.41) is 10.6. The van der Waals surface area contributed by atoms with E-state index in [2.05, 4.69) is 15.4 Å². The van der Waals surface area contributed by atoms with E-state index in [0.29, 0.717) is 5.56 Å². The summed E-state index contributed by atoms with van der Waals surface area (Å²) in [6, 6.07) is 8.67. The molecule has 4 nitrogen and oxygen atoms in total. The Morgan fingerprint density at radius 1 is 1.33 bits per heavy atom. The Balaban J connectivity index is 2.49. The van der Waals surface area contributed by atoms with E-state index in [1.807, 2.05) is 0 Å². The van der Waals surface area contributed by atoms with Crippen molar-refractivity contribution in [3.63, 3.8) is 0 Å². The highest BCUT2D eigenvalue weighted by Gasteiger charge is 2.42.